The van der Waals surface area contributed by atoms with Gasteiger partial charge in [0.05, 0.1) is 18.4 Å². The van der Waals surface area contributed by atoms with E-state index in [9.17, 15) is 9.59 Å². The SMILES string of the molecule is CC[C@@H](Oc1ccc(OC)cc1)C(=O)Nc1ccccc1C(=O)NCc1cccnc1. The number of ether oxygens (including phenoxy) is 2. The fraction of sp³-hybridized carbons (Fsp3) is 0.208. The molecule has 1 atom stereocenters. The van der Waals surface area contributed by atoms with Gasteiger partial charge in [0.1, 0.15) is 11.5 Å². The zero-order chi connectivity index (χ0) is 22.1. The van der Waals surface area contributed by atoms with E-state index in [4.69, 9.17) is 9.47 Å². The molecule has 0 saturated carbocycles. The second kappa shape index (κ2) is 10.8. The van der Waals surface area contributed by atoms with Crippen molar-refractivity contribution in [3.05, 3.63) is 84.2 Å². The Morgan fingerprint density at radius 3 is 2.42 bits per heavy atom. The summed E-state index contributed by atoms with van der Waals surface area (Å²) in [5, 5.41) is 5.67. The first-order valence-electron chi connectivity index (χ1n) is 9.98. The maximum Gasteiger partial charge on any atom is 0.265 e. The number of para-hydroxylation sites is 1. The highest BCUT2D eigenvalue weighted by Gasteiger charge is 2.21. The lowest BCUT2D eigenvalue weighted by atomic mass is 10.1. The number of methoxy groups -OCH3 is 1. The van der Waals surface area contributed by atoms with Crippen LogP contribution in [0.15, 0.2) is 73.1 Å². The summed E-state index contributed by atoms with van der Waals surface area (Å²) in [7, 11) is 1.59. The zero-order valence-corrected chi connectivity index (χ0v) is 17.5. The molecule has 31 heavy (non-hydrogen) atoms. The van der Waals surface area contributed by atoms with Crippen LogP contribution >= 0.6 is 0 Å². The molecule has 0 spiro atoms. The molecule has 0 bridgehead atoms. The smallest absolute Gasteiger partial charge is 0.265 e. The van der Waals surface area contributed by atoms with Gasteiger partial charge in [-0.15, -0.1) is 0 Å². The highest BCUT2D eigenvalue weighted by atomic mass is 16.5. The number of pyridine rings is 1. The highest BCUT2D eigenvalue weighted by Crippen LogP contribution is 2.21. The molecule has 2 amide bonds. The van der Waals surface area contributed by atoms with Gasteiger partial charge in [0.2, 0.25) is 0 Å². The highest BCUT2D eigenvalue weighted by molar-refractivity contribution is 6.04. The summed E-state index contributed by atoms with van der Waals surface area (Å²) in [6.07, 6.45) is 3.12. The van der Waals surface area contributed by atoms with Gasteiger partial charge >= 0.3 is 0 Å². The third-order valence-electron chi connectivity index (χ3n) is 4.61. The molecule has 2 N–H and O–H groups in total. The van der Waals surface area contributed by atoms with Crippen LogP contribution in [0.4, 0.5) is 5.69 Å². The van der Waals surface area contributed by atoms with Gasteiger partial charge in [-0.25, -0.2) is 0 Å². The fourth-order valence-electron chi connectivity index (χ4n) is 2.92. The first kappa shape index (κ1) is 21.8. The van der Waals surface area contributed by atoms with Gasteiger partial charge in [-0.3, -0.25) is 14.6 Å². The van der Waals surface area contributed by atoms with Crippen molar-refractivity contribution in [3.63, 3.8) is 0 Å². The van der Waals surface area contributed by atoms with Crippen LogP contribution in [0.3, 0.4) is 0 Å². The molecule has 0 radical (unpaired) electrons. The largest absolute Gasteiger partial charge is 0.497 e. The van der Waals surface area contributed by atoms with Crippen molar-refractivity contribution < 1.29 is 19.1 Å². The van der Waals surface area contributed by atoms with Crippen LogP contribution in [0.5, 0.6) is 11.5 Å². The number of nitrogens with zero attached hydrogens (tertiary/aromatic N) is 1. The molecule has 1 aromatic heterocycles. The van der Waals surface area contributed by atoms with Crippen molar-refractivity contribution in [2.75, 3.05) is 12.4 Å². The molecule has 2 aromatic carbocycles. The maximum absolute atomic E-state index is 12.8. The van der Waals surface area contributed by atoms with E-state index in [0.29, 0.717) is 35.7 Å². The lowest BCUT2D eigenvalue weighted by Crippen LogP contribution is -2.33. The van der Waals surface area contributed by atoms with Gasteiger partial charge in [-0.2, -0.15) is 0 Å². The standard InChI is InChI=1S/C24H25N3O4/c1-3-22(31-19-12-10-18(30-2)11-13-19)24(29)27-21-9-5-4-8-20(21)23(28)26-16-17-7-6-14-25-15-17/h4-15,22H,3,16H2,1-2H3,(H,26,28)(H,27,29)/t22-/m1/s1. The number of anilines is 1. The minimum absolute atomic E-state index is 0.288. The fourth-order valence-corrected chi connectivity index (χ4v) is 2.92. The minimum Gasteiger partial charge on any atom is -0.497 e. The Bertz CT molecular complexity index is 1010. The Hall–Kier alpha value is -3.87. The third-order valence-corrected chi connectivity index (χ3v) is 4.61. The summed E-state index contributed by atoms with van der Waals surface area (Å²) in [6.45, 7) is 2.20. The first-order valence-corrected chi connectivity index (χ1v) is 9.98. The van der Waals surface area contributed by atoms with E-state index in [-0.39, 0.29) is 11.8 Å². The molecule has 3 aromatic rings. The number of aromatic nitrogens is 1. The molecule has 0 aliphatic carbocycles. The second-order valence-corrected chi connectivity index (χ2v) is 6.77. The van der Waals surface area contributed by atoms with Crippen molar-refractivity contribution in [2.24, 2.45) is 0 Å². The number of amides is 2. The van der Waals surface area contributed by atoms with E-state index in [1.54, 1.807) is 68.0 Å². The Labute approximate surface area is 181 Å². The Morgan fingerprint density at radius 1 is 1.00 bits per heavy atom. The van der Waals surface area contributed by atoms with Crippen LogP contribution in [0.2, 0.25) is 0 Å². The number of nitrogens with one attached hydrogen (secondary N) is 2. The van der Waals surface area contributed by atoms with E-state index in [1.165, 1.54) is 0 Å². The van der Waals surface area contributed by atoms with Gasteiger partial charge < -0.3 is 20.1 Å². The summed E-state index contributed by atoms with van der Waals surface area (Å²) in [5.41, 5.74) is 1.68. The summed E-state index contributed by atoms with van der Waals surface area (Å²) in [4.78, 5) is 29.5. The van der Waals surface area contributed by atoms with E-state index < -0.39 is 6.10 Å². The predicted molar refractivity (Wildman–Crippen MR) is 118 cm³/mol. The molecule has 7 nitrogen and oxygen atoms in total. The average molecular weight is 419 g/mol. The normalized spacial score (nSPS) is 11.3. The van der Waals surface area contributed by atoms with Crippen LogP contribution in [-0.4, -0.2) is 30.0 Å². The summed E-state index contributed by atoms with van der Waals surface area (Å²) < 4.78 is 11.0. The number of benzene rings is 2. The van der Waals surface area contributed by atoms with E-state index in [2.05, 4.69) is 15.6 Å². The van der Waals surface area contributed by atoms with Crippen LogP contribution in [0.25, 0.3) is 0 Å². The quantitative estimate of drug-likeness (QED) is 0.550. The van der Waals surface area contributed by atoms with Gasteiger partial charge in [0.25, 0.3) is 11.8 Å². The van der Waals surface area contributed by atoms with E-state index in [0.717, 1.165) is 5.56 Å². The minimum atomic E-state index is -0.708. The number of hydrogen-bond acceptors (Lipinski definition) is 5. The summed E-state index contributed by atoms with van der Waals surface area (Å²) in [5.74, 6) is 0.649. The van der Waals surface area contributed by atoms with Crippen molar-refractivity contribution >= 4 is 17.5 Å². The molecular formula is C24H25N3O4. The molecule has 3 rings (SSSR count). The number of carbonyl (C=O) groups is 2. The predicted octanol–water partition coefficient (Wildman–Crippen LogP) is 3.82. The maximum atomic E-state index is 12.8. The molecule has 0 fully saturated rings. The van der Waals surface area contributed by atoms with E-state index >= 15 is 0 Å². The molecule has 0 aliphatic heterocycles. The summed E-state index contributed by atoms with van der Waals surface area (Å²) in [6, 6.07) is 17.6. The lowest BCUT2D eigenvalue weighted by molar-refractivity contribution is -0.122. The van der Waals surface area contributed by atoms with Crippen molar-refractivity contribution in [1.82, 2.24) is 10.3 Å². The molecule has 7 heteroatoms. The Kier molecular flexibility index (Phi) is 7.59. The van der Waals surface area contributed by atoms with Gasteiger partial charge in [-0.05, 0) is 54.4 Å². The zero-order valence-electron chi connectivity index (χ0n) is 17.5. The van der Waals surface area contributed by atoms with Crippen LogP contribution in [-0.2, 0) is 11.3 Å². The average Bonchev–Trinajstić information content (AvgIpc) is 2.82. The monoisotopic (exact) mass is 419 g/mol. The van der Waals surface area contributed by atoms with Crippen LogP contribution in [0, 0.1) is 0 Å². The molecule has 1 heterocycles. The second-order valence-electron chi connectivity index (χ2n) is 6.77. The Morgan fingerprint density at radius 2 is 1.74 bits per heavy atom. The van der Waals surface area contributed by atoms with Crippen molar-refractivity contribution in [1.29, 1.82) is 0 Å². The van der Waals surface area contributed by atoms with E-state index in [1.807, 2.05) is 19.1 Å². The van der Waals surface area contributed by atoms with Gasteiger partial charge in [-0.1, -0.05) is 25.1 Å². The third kappa shape index (κ3) is 6.05. The van der Waals surface area contributed by atoms with Gasteiger partial charge in [0.15, 0.2) is 6.10 Å². The Balaban J connectivity index is 1.66. The molecule has 0 unspecified atom stereocenters. The molecule has 0 saturated heterocycles. The van der Waals surface area contributed by atoms with Gasteiger partial charge in [0, 0.05) is 18.9 Å². The lowest BCUT2D eigenvalue weighted by Gasteiger charge is -2.18. The van der Waals surface area contributed by atoms with Crippen molar-refractivity contribution in [3.8, 4) is 11.5 Å². The topological polar surface area (TPSA) is 89.5 Å². The molecular weight excluding hydrogens is 394 g/mol. The van der Waals surface area contributed by atoms with Crippen molar-refractivity contribution in [2.45, 2.75) is 26.0 Å². The first-order chi connectivity index (χ1) is 15.1. The number of rotatable bonds is 9. The van der Waals surface area contributed by atoms with Crippen LogP contribution < -0.4 is 20.1 Å². The number of carbonyl (C=O) groups excluding carboxylic acids is 2. The summed E-state index contributed by atoms with van der Waals surface area (Å²) >= 11 is 0. The number of hydrogen-bond donors (Lipinski definition) is 2. The molecule has 160 valence electrons. The van der Waals surface area contributed by atoms with Crippen LogP contribution in [0.1, 0.15) is 29.3 Å². The molecule has 0 aliphatic rings.